The van der Waals surface area contributed by atoms with E-state index in [1.807, 2.05) is 0 Å². The van der Waals surface area contributed by atoms with Crippen molar-refractivity contribution in [3.05, 3.63) is 6.23 Å². The lowest BCUT2D eigenvalue weighted by Gasteiger charge is -2.16. The Labute approximate surface area is 69.3 Å². The smallest absolute Gasteiger partial charge is 0.162 e. The maximum Gasteiger partial charge on any atom is 0.162 e. The van der Waals surface area contributed by atoms with Crippen LogP contribution in [0, 0.1) is 6.23 Å². The lowest BCUT2D eigenvalue weighted by molar-refractivity contribution is 0.163. The molecular formula is C9H18NO. The van der Waals surface area contributed by atoms with Crippen LogP contribution >= 0.6 is 0 Å². The fraction of sp³-hybridized carbons (Fsp3) is 0.889. The second-order valence-electron chi connectivity index (χ2n) is 3.21. The first-order valence-electron chi connectivity index (χ1n) is 4.58. The van der Waals surface area contributed by atoms with Crippen molar-refractivity contribution in [2.24, 2.45) is 0 Å². The first-order valence-corrected chi connectivity index (χ1v) is 4.58. The zero-order valence-electron chi connectivity index (χ0n) is 7.52. The molecule has 1 aliphatic heterocycles. The first-order chi connectivity index (χ1) is 5.33. The van der Waals surface area contributed by atoms with E-state index < -0.39 is 0 Å². The van der Waals surface area contributed by atoms with Crippen LogP contribution in [0.2, 0.25) is 0 Å². The molecule has 0 bridgehead atoms. The molecule has 0 aliphatic carbocycles. The molecule has 0 aromatic heterocycles. The Morgan fingerprint density at radius 2 is 2.45 bits per heavy atom. The van der Waals surface area contributed by atoms with Gasteiger partial charge >= 0.3 is 0 Å². The van der Waals surface area contributed by atoms with Gasteiger partial charge in [-0.25, -0.2) is 0 Å². The van der Waals surface area contributed by atoms with Crippen LogP contribution in [0.5, 0.6) is 0 Å². The second kappa shape index (κ2) is 4.73. The molecule has 2 nitrogen and oxygen atoms in total. The van der Waals surface area contributed by atoms with Crippen LogP contribution in [0.15, 0.2) is 0 Å². The molecule has 0 aromatic rings. The molecule has 1 saturated heterocycles. The molecule has 0 saturated carbocycles. The third-order valence-electron chi connectivity index (χ3n) is 1.95. The molecule has 0 amide bonds. The molecule has 65 valence electrons. The van der Waals surface area contributed by atoms with Crippen molar-refractivity contribution in [1.82, 2.24) is 5.32 Å². The molecule has 0 aromatic carbocycles. The summed E-state index contributed by atoms with van der Waals surface area (Å²) < 4.78 is 5.38. The largest absolute Gasteiger partial charge is 0.356 e. The fourth-order valence-electron chi connectivity index (χ4n) is 1.39. The Morgan fingerprint density at radius 3 is 3.00 bits per heavy atom. The average Bonchev–Trinajstić information content (AvgIpc) is 2.40. The van der Waals surface area contributed by atoms with Crippen LogP contribution in [0.25, 0.3) is 0 Å². The fourth-order valence-corrected chi connectivity index (χ4v) is 1.39. The van der Waals surface area contributed by atoms with Gasteiger partial charge in [0.25, 0.3) is 0 Å². The van der Waals surface area contributed by atoms with Crippen LogP contribution in [0.3, 0.4) is 0 Å². The Hall–Kier alpha value is -0.0800. The van der Waals surface area contributed by atoms with Gasteiger partial charge in [-0.3, -0.25) is 5.32 Å². The van der Waals surface area contributed by atoms with Crippen molar-refractivity contribution in [2.45, 2.75) is 45.6 Å². The van der Waals surface area contributed by atoms with Crippen molar-refractivity contribution in [1.29, 1.82) is 0 Å². The van der Waals surface area contributed by atoms with Crippen LogP contribution in [0.1, 0.15) is 39.5 Å². The number of nitrogens with one attached hydrogen (secondary N) is 1. The summed E-state index contributed by atoms with van der Waals surface area (Å²) in [7, 11) is 0. The normalized spacial score (nSPS) is 22.4. The summed E-state index contributed by atoms with van der Waals surface area (Å²) in [5.74, 6) is 0. The van der Waals surface area contributed by atoms with Gasteiger partial charge in [0.2, 0.25) is 0 Å². The Kier molecular flexibility index (Phi) is 3.87. The second-order valence-corrected chi connectivity index (χ2v) is 3.21. The van der Waals surface area contributed by atoms with E-state index in [1.165, 1.54) is 19.3 Å². The first kappa shape index (κ1) is 9.01. The zero-order chi connectivity index (χ0) is 8.10. The average molecular weight is 156 g/mol. The van der Waals surface area contributed by atoms with Crippen LogP contribution in [-0.2, 0) is 4.74 Å². The minimum atomic E-state index is 0.577. The summed E-state index contributed by atoms with van der Waals surface area (Å²) in [5.41, 5.74) is 0. The number of ether oxygens (including phenoxy) is 1. The van der Waals surface area contributed by atoms with Gasteiger partial charge in [0.15, 0.2) is 6.23 Å². The van der Waals surface area contributed by atoms with E-state index in [0.29, 0.717) is 6.04 Å². The lowest BCUT2D eigenvalue weighted by Crippen LogP contribution is -2.29. The minimum Gasteiger partial charge on any atom is -0.356 e. The van der Waals surface area contributed by atoms with E-state index in [1.54, 1.807) is 0 Å². The molecule has 1 atom stereocenters. The van der Waals surface area contributed by atoms with Crippen LogP contribution < -0.4 is 5.32 Å². The summed E-state index contributed by atoms with van der Waals surface area (Å²) in [4.78, 5) is 0. The monoisotopic (exact) mass is 156 g/mol. The molecule has 1 fully saturated rings. The molecule has 1 N–H and O–H groups in total. The minimum absolute atomic E-state index is 0.577. The molecule has 0 spiro atoms. The SMILES string of the molecule is CCCC(C)N[C]1CCCO1. The summed E-state index contributed by atoms with van der Waals surface area (Å²) in [6.07, 6.45) is 5.86. The zero-order valence-corrected chi connectivity index (χ0v) is 7.52. The van der Waals surface area contributed by atoms with Crippen molar-refractivity contribution in [3.63, 3.8) is 0 Å². The Balaban J connectivity index is 2.08. The predicted octanol–water partition coefficient (Wildman–Crippen LogP) is 2.06. The molecule has 1 unspecified atom stereocenters. The van der Waals surface area contributed by atoms with E-state index in [-0.39, 0.29) is 0 Å². The quantitative estimate of drug-likeness (QED) is 0.672. The van der Waals surface area contributed by atoms with Gasteiger partial charge in [-0.15, -0.1) is 0 Å². The number of hydrogen-bond acceptors (Lipinski definition) is 2. The van der Waals surface area contributed by atoms with E-state index in [9.17, 15) is 0 Å². The molecule has 1 heterocycles. The maximum atomic E-state index is 5.38. The summed E-state index contributed by atoms with van der Waals surface area (Å²) in [6, 6.07) is 0.577. The third kappa shape index (κ3) is 3.21. The standard InChI is InChI=1S/C9H18NO/c1-3-5-8(2)10-9-6-4-7-11-9/h8,10H,3-7H2,1-2H3. The number of hydrogen-bond donors (Lipinski definition) is 1. The highest BCUT2D eigenvalue weighted by Crippen LogP contribution is 2.17. The van der Waals surface area contributed by atoms with Gasteiger partial charge in [-0.1, -0.05) is 13.3 Å². The Morgan fingerprint density at radius 1 is 1.64 bits per heavy atom. The van der Waals surface area contributed by atoms with Crippen molar-refractivity contribution in [3.8, 4) is 0 Å². The topological polar surface area (TPSA) is 21.3 Å². The third-order valence-corrected chi connectivity index (χ3v) is 1.95. The van der Waals surface area contributed by atoms with E-state index in [0.717, 1.165) is 19.3 Å². The molecule has 11 heavy (non-hydrogen) atoms. The molecule has 1 radical (unpaired) electrons. The van der Waals surface area contributed by atoms with Gasteiger partial charge in [0.05, 0.1) is 0 Å². The lowest BCUT2D eigenvalue weighted by atomic mass is 10.2. The highest BCUT2D eigenvalue weighted by atomic mass is 16.5. The van der Waals surface area contributed by atoms with E-state index >= 15 is 0 Å². The number of rotatable bonds is 4. The molecule has 1 rings (SSSR count). The maximum absolute atomic E-state index is 5.38. The molecule has 1 aliphatic rings. The van der Waals surface area contributed by atoms with E-state index in [4.69, 9.17) is 4.74 Å². The van der Waals surface area contributed by atoms with E-state index in [2.05, 4.69) is 19.2 Å². The Bertz CT molecular complexity index is 99.7. The highest BCUT2D eigenvalue weighted by Gasteiger charge is 2.17. The van der Waals surface area contributed by atoms with Crippen molar-refractivity contribution in [2.75, 3.05) is 6.61 Å². The van der Waals surface area contributed by atoms with Gasteiger partial charge in [-0.05, 0) is 26.2 Å². The molecule has 2 heteroatoms. The van der Waals surface area contributed by atoms with Gasteiger partial charge in [0.1, 0.15) is 0 Å². The summed E-state index contributed by atoms with van der Waals surface area (Å²) >= 11 is 0. The predicted molar refractivity (Wildman–Crippen MR) is 45.9 cm³/mol. The van der Waals surface area contributed by atoms with Crippen LogP contribution in [0.4, 0.5) is 0 Å². The summed E-state index contributed by atoms with van der Waals surface area (Å²) in [5, 5.41) is 3.37. The summed E-state index contributed by atoms with van der Waals surface area (Å²) in [6.45, 7) is 5.32. The van der Waals surface area contributed by atoms with Gasteiger partial charge in [0, 0.05) is 12.6 Å². The van der Waals surface area contributed by atoms with Gasteiger partial charge < -0.3 is 4.74 Å². The van der Waals surface area contributed by atoms with Crippen LogP contribution in [-0.4, -0.2) is 12.6 Å². The highest BCUT2D eigenvalue weighted by molar-refractivity contribution is 4.82. The van der Waals surface area contributed by atoms with Crippen molar-refractivity contribution < 1.29 is 4.74 Å². The van der Waals surface area contributed by atoms with Gasteiger partial charge in [-0.2, -0.15) is 0 Å². The van der Waals surface area contributed by atoms with Crippen molar-refractivity contribution >= 4 is 0 Å². The molecular weight excluding hydrogens is 138 g/mol.